The molecule has 0 saturated heterocycles. The molecule has 2 aromatic carbocycles. The Morgan fingerprint density at radius 1 is 1.23 bits per heavy atom. The Balaban J connectivity index is 1.79. The molecule has 0 unspecified atom stereocenters. The van der Waals surface area contributed by atoms with Gasteiger partial charge in [-0.05, 0) is 42.0 Å². The molecule has 0 saturated carbocycles. The highest BCUT2D eigenvalue weighted by atomic mass is 35.5. The first-order chi connectivity index (χ1) is 12.5. The summed E-state index contributed by atoms with van der Waals surface area (Å²) < 4.78 is 44.5. The molecule has 1 aliphatic heterocycles. The summed E-state index contributed by atoms with van der Waals surface area (Å²) in [5.74, 6) is 0.510. The van der Waals surface area contributed by atoms with Crippen molar-refractivity contribution in [1.82, 2.24) is 0 Å². The average Bonchev–Trinajstić information content (AvgIpc) is 3.08. The summed E-state index contributed by atoms with van der Waals surface area (Å²) in [6, 6.07) is 7.29. The van der Waals surface area contributed by atoms with Gasteiger partial charge in [-0.1, -0.05) is 17.7 Å². The first-order valence-electron chi connectivity index (χ1n) is 7.42. The van der Waals surface area contributed by atoms with Crippen molar-refractivity contribution in [2.45, 2.75) is 6.61 Å². The molecule has 5 nitrogen and oxygen atoms in total. The largest absolute Gasteiger partial charge is 0.493 e. The maximum Gasteiger partial charge on any atom is 0.387 e. The van der Waals surface area contributed by atoms with Crippen LogP contribution >= 0.6 is 11.6 Å². The van der Waals surface area contributed by atoms with Gasteiger partial charge in [0.2, 0.25) is 6.79 Å². The SMILES string of the molecule is COc1cc(C(=O)/C=C/c2cc(Cl)c3c(c2)OCO3)ccc1OC(F)F. The van der Waals surface area contributed by atoms with Gasteiger partial charge in [0, 0.05) is 5.56 Å². The molecule has 0 N–H and O–H groups in total. The molecule has 0 atom stereocenters. The number of alkyl halides is 2. The predicted octanol–water partition coefficient (Wildman–Crippen LogP) is 4.57. The molecule has 0 amide bonds. The molecule has 1 heterocycles. The number of hydrogen-bond donors (Lipinski definition) is 0. The van der Waals surface area contributed by atoms with Crippen molar-refractivity contribution in [3.05, 3.63) is 52.6 Å². The van der Waals surface area contributed by atoms with Gasteiger partial charge in [-0.2, -0.15) is 8.78 Å². The van der Waals surface area contributed by atoms with Crippen LogP contribution in [0.5, 0.6) is 23.0 Å². The number of ether oxygens (including phenoxy) is 4. The quantitative estimate of drug-likeness (QED) is 0.541. The van der Waals surface area contributed by atoms with Gasteiger partial charge in [0.25, 0.3) is 0 Å². The number of carbonyl (C=O) groups is 1. The van der Waals surface area contributed by atoms with Crippen LogP contribution < -0.4 is 18.9 Å². The number of benzene rings is 2. The minimum atomic E-state index is -2.99. The Labute approximate surface area is 152 Å². The molecule has 136 valence electrons. The van der Waals surface area contributed by atoms with Crippen LogP contribution in [-0.2, 0) is 0 Å². The average molecular weight is 383 g/mol. The fourth-order valence-electron chi connectivity index (χ4n) is 2.37. The molecule has 0 fully saturated rings. The predicted molar refractivity (Wildman–Crippen MR) is 90.6 cm³/mol. The summed E-state index contributed by atoms with van der Waals surface area (Å²) in [4.78, 5) is 12.3. The maximum atomic E-state index is 12.3. The molecule has 26 heavy (non-hydrogen) atoms. The van der Waals surface area contributed by atoms with E-state index >= 15 is 0 Å². The Kier molecular flexibility index (Phi) is 5.27. The highest BCUT2D eigenvalue weighted by Crippen LogP contribution is 2.40. The van der Waals surface area contributed by atoms with E-state index in [2.05, 4.69) is 4.74 Å². The van der Waals surface area contributed by atoms with Gasteiger partial charge in [0.1, 0.15) is 0 Å². The van der Waals surface area contributed by atoms with Crippen LogP contribution in [0.3, 0.4) is 0 Å². The van der Waals surface area contributed by atoms with E-state index in [4.69, 9.17) is 25.8 Å². The van der Waals surface area contributed by atoms with Crippen LogP contribution in [0.1, 0.15) is 15.9 Å². The molecule has 0 bridgehead atoms. The Bertz CT molecular complexity index is 867. The van der Waals surface area contributed by atoms with E-state index in [0.29, 0.717) is 22.1 Å². The monoisotopic (exact) mass is 382 g/mol. The van der Waals surface area contributed by atoms with E-state index in [-0.39, 0.29) is 29.6 Å². The van der Waals surface area contributed by atoms with Gasteiger partial charge in [-0.15, -0.1) is 0 Å². The Morgan fingerprint density at radius 3 is 2.77 bits per heavy atom. The Hall–Kier alpha value is -2.80. The number of ketones is 1. The number of rotatable bonds is 6. The lowest BCUT2D eigenvalue weighted by Crippen LogP contribution is -2.04. The smallest absolute Gasteiger partial charge is 0.387 e. The van der Waals surface area contributed by atoms with Gasteiger partial charge < -0.3 is 18.9 Å². The molecule has 1 aliphatic rings. The number of carbonyl (C=O) groups excluding carboxylic acids is 1. The minimum absolute atomic E-state index is 0.0377. The number of allylic oxidation sites excluding steroid dienone is 1. The third-order valence-electron chi connectivity index (χ3n) is 3.54. The van der Waals surface area contributed by atoms with Crippen LogP contribution in [0.4, 0.5) is 8.78 Å². The van der Waals surface area contributed by atoms with Gasteiger partial charge in [-0.3, -0.25) is 4.79 Å². The molecular weight excluding hydrogens is 370 g/mol. The van der Waals surface area contributed by atoms with Crippen molar-refractivity contribution in [3.63, 3.8) is 0 Å². The van der Waals surface area contributed by atoms with Gasteiger partial charge in [0.05, 0.1) is 12.1 Å². The molecule has 0 spiro atoms. The van der Waals surface area contributed by atoms with Gasteiger partial charge >= 0.3 is 6.61 Å². The number of methoxy groups -OCH3 is 1. The van der Waals surface area contributed by atoms with Crippen LogP contribution in [0, 0.1) is 0 Å². The zero-order valence-electron chi connectivity index (χ0n) is 13.5. The van der Waals surface area contributed by atoms with Crippen molar-refractivity contribution in [1.29, 1.82) is 0 Å². The first kappa shape index (κ1) is 18.0. The van der Waals surface area contributed by atoms with Crippen molar-refractivity contribution >= 4 is 23.5 Å². The molecule has 2 aromatic rings. The Morgan fingerprint density at radius 2 is 2.04 bits per heavy atom. The third kappa shape index (κ3) is 3.88. The minimum Gasteiger partial charge on any atom is -0.493 e. The summed E-state index contributed by atoms with van der Waals surface area (Å²) in [7, 11) is 1.30. The molecule has 0 radical (unpaired) electrons. The van der Waals surface area contributed by atoms with E-state index in [1.807, 2.05) is 0 Å². The zero-order chi connectivity index (χ0) is 18.7. The molecule has 0 aromatic heterocycles. The maximum absolute atomic E-state index is 12.3. The second-order valence-electron chi connectivity index (χ2n) is 5.18. The van der Waals surface area contributed by atoms with Gasteiger partial charge in [-0.25, -0.2) is 0 Å². The highest BCUT2D eigenvalue weighted by Gasteiger charge is 2.18. The number of hydrogen-bond acceptors (Lipinski definition) is 5. The van der Waals surface area contributed by atoms with E-state index in [9.17, 15) is 13.6 Å². The molecular formula is C18H13ClF2O5. The normalized spacial score (nSPS) is 12.7. The number of fused-ring (bicyclic) bond motifs is 1. The fraction of sp³-hybridized carbons (Fsp3) is 0.167. The van der Waals surface area contributed by atoms with Crippen molar-refractivity contribution in [2.75, 3.05) is 13.9 Å². The van der Waals surface area contributed by atoms with E-state index in [0.717, 1.165) is 0 Å². The van der Waals surface area contributed by atoms with Crippen LogP contribution in [0.15, 0.2) is 36.4 Å². The summed E-state index contributed by atoms with van der Waals surface area (Å²) in [6.07, 6.45) is 2.89. The second-order valence-corrected chi connectivity index (χ2v) is 5.59. The standard InChI is InChI=1S/C18H13ClF2O5/c1-23-15-8-11(3-5-14(15)26-18(20)21)13(22)4-2-10-6-12(19)17-16(7-10)24-9-25-17/h2-8,18H,9H2,1H3/b4-2+. The lowest BCUT2D eigenvalue weighted by molar-refractivity contribution is -0.0512. The molecule has 3 rings (SSSR count). The number of halogens is 3. The van der Waals surface area contributed by atoms with Crippen LogP contribution in [-0.4, -0.2) is 26.3 Å². The summed E-state index contributed by atoms with van der Waals surface area (Å²) in [5, 5.41) is 0.377. The fourth-order valence-corrected chi connectivity index (χ4v) is 2.64. The lowest BCUT2D eigenvalue weighted by Gasteiger charge is -2.10. The topological polar surface area (TPSA) is 54.0 Å². The molecule has 8 heteroatoms. The summed E-state index contributed by atoms with van der Waals surface area (Å²) >= 11 is 6.09. The summed E-state index contributed by atoms with van der Waals surface area (Å²) in [6.45, 7) is -2.89. The van der Waals surface area contributed by atoms with Crippen LogP contribution in [0.25, 0.3) is 6.08 Å². The van der Waals surface area contributed by atoms with E-state index in [1.54, 1.807) is 18.2 Å². The van der Waals surface area contributed by atoms with Crippen molar-refractivity contribution in [2.24, 2.45) is 0 Å². The highest BCUT2D eigenvalue weighted by molar-refractivity contribution is 6.32. The first-order valence-corrected chi connectivity index (χ1v) is 7.80. The zero-order valence-corrected chi connectivity index (χ0v) is 14.3. The lowest BCUT2D eigenvalue weighted by atomic mass is 10.1. The van der Waals surface area contributed by atoms with Crippen LogP contribution in [0.2, 0.25) is 5.02 Å². The van der Waals surface area contributed by atoms with E-state index in [1.165, 1.54) is 31.4 Å². The summed E-state index contributed by atoms with van der Waals surface area (Å²) in [5.41, 5.74) is 0.906. The second kappa shape index (κ2) is 7.61. The van der Waals surface area contributed by atoms with E-state index < -0.39 is 6.61 Å². The van der Waals surface area contributed by atoms with Crippen molar-refractivity contribution in [3.8, 4) is 23.0 Å². The van der Waals surface area contributed by atoms with Gasteiger partial charge in [0.15, 0.2) is 28.8 Å². The van der Waals surface area contributed by atoms with Crippen molar-refractivity contribution < 1.29 is 32.5 Å². The molecule has 0 aliphatic carbocycles. The third-order valence-corrected chi connectivity index (χ3v) is 3.82.